The first-order valence-electron chi connectivity index (χ1n) is 6.08. The van der Waals surface area contributed by atoms with E-state index in [0.717, 1.165) is 12.8 Å². The van der Waals surface area contributed by atoms with Crippen LogP contribution in [0.1, 0.15) is 38.2 Å². The Morgan fingerprint density at radius 3 is 2.06 bits per heavy atom. The largest absolute Gasteiger partial charge is 0.480 e. The van der Waals surface area contributed by atoms with Gasteiger partial charge in [-0.1, -0.05) is 56.5 Å². The van der Waals surface area contributed by atoms with Crippen molar-refractivity contribution in [3.8, 4) is 0 Å². The minimum absolute atomic E-state index is 0.121. The van der Waals surface area contributed by atoms with Gasteiger partial charge < -0.3 is 10.2 Å². The monoisotopic (exact) mass is 250 g/mol. The third-order valence-corrected chi connectivity index (χ3v) is 3.15. The van der Waals surface area contributed by atoms with Crippen LogP contribution in [0.25, 0.3) is 0 Å². The number of unbranched alkanes of at least 4 members (excludes halogenated alkanes) is 2. The molecule has 0 aromatic heterocycles. The molecule has 0 heterocycles. The highest BCUT2D eigenvalue weighted by Gasteiger charge is 2.47. The van der Waals surface area contributed by atoms with Crippen molar-refractivity contribution in [2.24, 2.45) is 0 Å². The van der Waals surface area contributed by atoms with Crippen molar-refractivity contribution in [3.05, 3.63) is 35.9 Å². The summed E-state index contributed by atoms with van der Waals surface area (Å²) in [6.45, 7) is 1.99. The first-order valence-corrected chi connectivity index (χ1v) is 6.08. The number of carboxylic acid groups (broad SMARTS) is 2. The van der Waals surface area contributed by atoms with Crippen LogP contribution in [0.2, 0.25) is 0 Å². The molecule has 0 atom stereocenters. The number of benzene rings is 1. The summed E-state index contributed by atoms with van der Waals surface area (Å²) in [5, 5.41) is 18.7. The Morgan fingerprint density at radius 1 is 1.06 bits per heavy atom. The molecule has 0 saturated heterocycles. The Hall–Kier alpha value is -1.84. The summed E-state index contributed by atoms with van der Waals surface area (Å²) in [6, 6.07) is 8.19. The number of hydrogen-bond donors (Lipinski definition) is 2. The van der Waals surface area contributed by atoms with Crippen LogP contribution in [-0.4, -0.2) is 22.2 Å². The molecule has 2 N–H and O–H groups in total. The number of aliphatic carboxylic acids is 2. The van der Waals surface area contributed by atoms with E-state index in [1.165, 1.54) is 0 Å². The maximum absolute atomic E-state index is 11.5. The molecule has 1 rings (SSSR count). The van der Waals surface area contributed by atoms with E-state index < -0.39 is 17.4 Å². The molecule has 0 aliphatic carbocycles. The van der Waals surface area contributed by atoms with Crippen LogP contribution in [0.3, 0.4) is 0 Å². The molecule has 0 aliphatic rings. The Balaban J connectivity index is 3.14. The van der Waals surface area contributed by atoms with Gasteiger partial charge in [-0.15, -0.1) is 0 Å². The second-order valence-corrected chi connectivity index (χ2v) is 4.34. The topological polar surface area (TPSA) is 74.6 Å². The predicted octanol–water partition coefficient (Wildman–Crippen LogP) is 2.67. The summed E-state index contributed by atoms with van der Waals surface area (Å²) in [5.74, 6) is -2.59. The standard InChI is InChI=1S/C14H18O4/c1-2-3-7-10-14(12(15)16,13(17)18)11-8-5-4-6-9-11/h4-6,8-9H,2-3,7,10H2,1H3,(H,15,16)(H,17,18). The van der Waals surface area contributed by atoms with E-state index in [4.69, 9.17) is 0 Å². The summed E-state index contributed by atoms with van der Waals surface area (Å²) < 4.78 is 0. The highest BCUT2D eigenvalue weighted by molar-refractivity contribution is 6.04. The minimum Gasteiger partial charge on any atom is -0.480 e. The van der Waals surface area contributed by atoms with Gasteiger partial charge in [0.05, 0.1) is 0 Å². The number of carbonyl (C=O) groups is 2. The second-order valence-electron chi connectivity index (χ2n) is 4.34. The summed E-state index contributed by atoms with van der Waals surface area (Å²) in [7, 11) is 0. The fourth-order valence-electron chi connectivity index (χ4n) is 2.06. The molecule has 4 heteroatoms. The van der Waals surface area contributed by atoms with Gasteiger partial charge in [0.25, 0.3) is 0 Å². The van der Waals surface area contributed by atoms with Crippen molar-refractivity contribution >= 4 is 11.9 Å². The maximum atomic E-state index is 11.5. The first-order chi connectivity index (χ1) is 8.55. The SMILES string of the molecule is CCCCCC(C(=O)O)(C(=O)O)c1ccccc1. The third kappa shape index (κ3) is 2.70. The van der Waals surface area contributed by atoms with E-state index in [2.05, 4.69) is 0 Å². The van der Waals surface area contributed by atoms with Crippen LogP contribution in [-0.2, 0) is 15.0 Å². The summed E-state index contributed by atoms with van der Waals surface area (Å²) >= 11 is 0. The van der Waals surface area contributed by atoms with Gasteiger partial charge in [0.2, 0.25) is 0 Å². The molecular weight excluding hydrogens is 232 g/mol. The van der Waals surface area contributed by atoms with E-state index in [0.29, 0.717) is 12.0 Å². The van der Waals surface area contributed by atoms with Gasteiger partial charge in [0.1, 0.15) is 0 Å². The van der Waals surface area contributed by atoms with Crippen LogP contribution in [0.5, 0.6) is 0 Å². The van der Waals surface area contributed by atoms with Crippen molar-refractivity contribution in [1.82, 2.24) is 0 Å². The molecule has 0 fully saturated rings. The first kappa shape index (κ1) is 14.2. The summed E-state index contributed by atoms with van der Waals surface area (Å²) in [5.41, 5.74) is -1.49. The number of hydrogen-bond acceptors (Lipinski definition) is 2. The number of rotatable bonds is 7. The average molecular weight is 250 g/mol. The van der Waals surface area contributed by atoms with Crippen molar-refractivity contribution in [3.63, 3.8) is 0 Å². The minimum atomic E-state index is -1.82. The van der Waals surface area contributed by atoms with Crippen LogP contribution in [0.15, 0.2) is 30.3 Å². The van der Waals surface area contributed by atoms with Crippen molar-refractivity contribution in [2.75, 3.05) is 0 Å². The zero-order chi connectivity index (χ0) is 13.6. The van der Waals surface area contributed by atoms with E-state index in [9.17, 15) is 19.8 Å². The number of carboxylic acids is 2. The van der Waals surface area contributed by atoms with Gasteiger partial charge >= 0.3 is 11.9 Å². The lowest BCUT2D eigenvalue weighted by atomic mass is 9.76. The van der Waals surface area contributed by atoms with Crippen molar-refractivity contribution in [1.29, 1.82) is 0 Å². The molecule has 0 aliphatic heterocycles. The summed E-state index contributed by atoms with van der Waals surface area (Å²) in [6.07, 6.45) is 2.46. The lowest BCUT2D eigenvalue weighted by Gasteiger charge is -2.25. The van der Waals surface area contributed by atoms with E-state index in [1.807, 2.05) is 6.92 Å². The average Bonchev–Trinajstić information content (AvgIpc) is 2.35. The molecular formula is C14H18O4. The molecule has 0 spiro atoms. The zero-order valence-electron chi connectivity index (χ0n) is 10.4. The van der Waals surface area contributed by atoms with Crippen LogP contribution < -0.4 is 0 Å². The van der Waals surface area contributed by atoms with Gasteiger partial charge in [0, 0.05) is 0 Å². The van der Waals surface area contributed by atoms with Gasteiger partial charge in [-0.2, -0.15) is 0 Å². The molecule has 0 saturated carbocycles. The molecule has 18 heavy (non-hydrogen) atoms. The lowest BCUT2D eigenvalue weighted by Crippen LogP contribution is -2.43. The Bertz CT molecular complexity index is 397. The fourth-order valence-corrected chi connectivity index (χ4v) is 2.06. The van der Waals surface area contributed by atoms with Gasteiger partial charge in [-0.3, -0.25) is 9.59 Å². The molecule has 0 amide bonds. The fraction of sp³-hybridized carbons (Fsp3) is 0.429. The normalized spacial score (nSPS) is 11.2. The Labute approximate surface area is 106 Å². The second kappa shape index (κ2) is 6.19. The summed E-state index contributed by atoms with van der Waals surface area (Å²) in [4.78, 5) is 23.0. The lowest BCUT2D eigenvalue weighted by molar-refractivity contribution is -0.158. The van der Waals surface area contributed by atoms with Crippen LogP contribution in [0.4, 0.5) is 0 Å². The molecule has 1 aromatic carbocycles. The Morgan fingerprint density at radius 2 is 1.61 bits per heavy atom. The zero-order valence-corrected chi connectivity index (χ0v) is 10.4. The molecule has 4 nitrogen and oxygen atoms in total. The van der Waals surface area contributed by atoms with Gasteiger partial charge in [-0.05, 0) is 12.0 Å². The quantitative estimate of drug-likeness (QED) is 0.576. The van der Waals surface area contributed by atoms with Crippen LogP contribution >= 0.6 is 0 Å². The Kier molecular flexibility index (Phi) is 4.89. The smallest absolute Gasteiger partial charge is 0.325 e. The van der Waals surface area contributed by atoms with Gasteiger partial charge in [0.15, 0.2) is 5.41 Å². The molecule has 98 valence electrons. The van der Waals surface area contributed by atoms with Crippen molar-refractivity contribution < 1.29 is 19.8 Å². The highest BCUT2D eigenvalue weighted by Crippen LogP contribution is 2.31. The maximum Gasteiger partial charge on any atom is 0.325 e. The van der Waals surface area contributed by atoms with Crippen molar-refractivity contribution in [2.45, 2.75) is 38.0 Å². The molecule has 0 radical (unpaired) electrons. The molecule has 0 unspecified atom stereocenters. The van der Waals surface area contributed by atoms with E-state index in [-0.39, 0.29) is 6.42 Å². The predicted molar refractivity (Wildman–Crippen MR) is 67.5 cm³/mol. The van der Waals surface area contributed by atoms with E-state index >= 15 is 0 Å². The van der Waals surface area contributed by atoms with Gasteiger partial charge in [-0.25, -0.2) is 0 Å². The third-order valence-electron chi connectivity index (χ3n) is 3.15. The van der Waals surface area contributed by atoms with Crippen LogP contribution in [0, 0.1) is 0 Å². The highest BCUT2D eigenvalue weighted by atomic mass is 16.4. The molecule has 1 aromatic rings. The van der Waals surface area contributed by atoms with E-state index in [1.54, 1.807) is 30.3 Å². The molecule has 0 bridgehead atoms.